The maximum atomic E-state index is 12.5. The van der Waals surface area contributed by atoms with E-state index in [1.807, 2.05) is 0 Å². The van der Waals surface area contributed by atoms with Crippen molar-refractivity contribution in [1.29, 1.82) is 0 Å². The number of anilines is 1. The molecule has 12 heteroatoms. The minimum Gasteiger partial charge on any atom is -0.451 e. The quantitative estimate of drug-likeness (QED) is 0.533. The van der Waals surface area contributed by atoms with Crippen molar-refractivity contribution >= 4 is 50.0 Å². The minimum atomic E-state index is -3.74. The molecule has 10 nitrogen and oxygen atoms in total. The van der Waals surface area contributed by atoms with Gasteiger partial charge in [0.25, 0.3) is 11.5 Å². The Balaban J connectivity index is 1.77. The number of nitrogens with zero attached hydrogens (tertiary/aromatic N) is 3. The summed E-state index contributed by atoms with van der Waals surface area (Å²) < 4.78 is 31.6. The van der Waals surface area contributed by atoms with Crippen molar-refractivity contribution < 1.29 is 22.7 Å². The Labute approximate surface area is 188 Å². The minimum absolute atomic E-state index is 0.0429. The zero-order valence-electron chi connectivity index (χ0n) is 17.3. The number of aryl methyl sites for hydroxylation is 1. The first kappa shape index (κ1) is 23.4. The van der Waals surface area contributed by atoms with Gasteiger partial charge in [-0.15, -0.1) is 0 Å². The molecule has 1 N–H and O–H groups in total. The van der Waals surface area contributed by atoms with Crippen LogP contribution in [-0.4, -0.2) is 55.1 Å². The summed E-state index contributed by atoms with van der Waals surface area (Å²) in [5.41, 5.74) is -0.453. The van der Waals surface area contributed by atoms with E-state index < -0.39 is 28.5 Å². The van der Waals surface area contributed by atoms with Gasteiger partial charge < -0.3 is 10.1 Å². The summed E-state index contributed by atoms with van der Waals surface area (Å²) >= 11 is 6.05. The number of amides is 1. The van der Waals surface area contributed by atoms with E-state index in [1.54, 1.807) is 24.3 Å². The summed E-state index contributed by atoms with van der Waals surface area (Å²) in [6, 6.07) is 10.3. The molecular formula is C20H19ClN4O6S. The number of esters is 1. The number of benzene rings is 2. The third-order valence-electron chi connectivity index (χ3n) is 4.47. The summed E-state index contributed by atoms with van der Waals surface area (Å²) in [7, 11) is 0.405. The van der Waals surface area contributed by atoms with Crippen molar-refractivity contribution in [3.05, 3.63) is 63.5 Å². The lowest BCUT2D eigenvalue weighted by atomic mass is 10.1. The maximum absolute atomic E-state index is 12.5. The van der Waals surface area contributed by atoms with Crippen LogP contribution in [0, 0.1) is 0 Å². The van der Waals surface area contributed by atoms with Crippen molar-refractivity contribution in [1.82, 2.24) is 14.1 Å². The maximum Gasteiger partial charge on any atom is 0.359 e. The van der Waals surface area contributed by atoms with Gasteiger partial charge in [0.15, 0.2) is 12.3 Å². The first-order chi connectivity index (χ1) is 15.0. The van der Waals surface area contributed by atoms with Crippen LogP contribution in [0.3, 0.4) is 0 Å². The second kappa shape index (κ2) is 9.07. The van der Waals surface area contributed by atoms with Gasteiger partial charge in [0.1, 0.15) is 0 Å². The molecule has 0 fully saturated rings. The van der Waals surface area contributed by atoms with Gasteiger partial charge in [0.05, 0.1) is 21.0 Å². The zero-order valence-corrected chi connectivity index (χ0v) is 18.9. The van der Waals surface area contributed by atoms with Gasteiger partial charge in [-0.1, -0.05) is 29.8 Å². The number of nitrogens with one attached hydrogen (secondary N) is 1. The Morgan fingerprint density at radius 1 is 1.16 bits per heavy atom. The van der Waals surface area contributed by atoms with Crippen LogP contribution in [0.4, 0.5) is 5.69 Å². The molecule has 0 aliphatic rings. The fourth-order valence-corrected chi connectivity index (χ4v) is 3.90. The fourth-order valence-electron chi connectivity index (χ4n) is 2.81. The van der Waals surface area contributed by atoms with Crippen molar-refractivity contribution in [3.63, 3.8) is 0 Å². The molecule has 0 unspecified atom stereocenters. The Kier molecular flexibility index (Phi) is 6.63. The number of rotatable bonds is 6. The average molecular weight is 479 g/mol. The van der Waals surface area contributed by atoms with E-state index >= 15 is 0 Å². The van der Waals surface area contributed by atoms with Gasteiger partial charge in [-0.3, -0.25) is 9.59 Å². The van der Waals surface area contributed by atoms with Crippen LogP contribution in [0.2, 0.25) is 5.02 Å². The van der Waals surface area contributed by atoms with E-state index in [1.165, 1.54) is 39.3 Å². The van der Waals surface area contributed by atoms with E-state index in [-0.39, 0.29) is 32.2 Å². The van der Waals surface area contributed by atoms with Gasteiger partial charge in [-0.2, -0.15) is 5.10 Å². The molecular weight excluding hydrogens is 460 g/mol. The van der Waals surface area contributed by atoms with Gasteiger partial charge in [-0.25, -0.2) is 22.2 Å². The fraction of sp³-hybridized carbons (Fsp3) is 0.200. The molecule has 3 aromatic rings. The van der Waals surface area contributed by atoms with Gasteiger partial charge >= 0.3 is 5.97 Å². The van der Waals surface area contributed by atoms with E-state index in [9.17, 15) is 22.8 Å². The molecule has 0 saturated carbocycles. The summed E-state index contributed by atoms with van der Waals surface area (Å²) in [6.07, 6.45) is 0. The van der Waals surface area contributed by atoms with Crippen molar-refractivity contribution in [2.24, 2.45) is 7.05 Å². The van der Waals surface area contributed by atoms with E-state index in [4.69, 9.17) is 16.3 Å². The third-order valence-corrected chi connectivity index (χ3v) is 6.62. The Morgan fingerprint density at radius 3 is 2.47 bits per heavy atom. The molecule has 0 radical (unpaired) electrons. The van der Waals surface area contributed by atoms with Crippen molar-refractivity contribution in [2.75, 3.05) is 26.0 Å². The number of hydrogen-bond acceptors (Lipinski definition) is 7. The predicted molar refractivity (Wildman–Crippen MR) is 118 cm³/mol. The molecule has 0 aliphatic carbocycles. The number of carbonyl (C=O) groups is 2. The molecule has 1 amide bonds. The van der Waals surface area contributed by atoms with Crippen LogP contribution < -0.4 is 10.9 Å². The molecule has 1 heterocycles. The first-order valence-corrected chi connectivity index (χ1v) is 11.0. The predicted octanol–water partition coefficient (Wildman–Crippen LogP) is 1.63. The van der Waals surface area contributed by atoms with Crippen LogP contribution in [0.5, 0.6) is 0 Å². The van der Waals surface area contributed by atoms with Crippen LogP contribution in [0.1, 0.15) is 10.5 Å². The molecule has 3 rings (SSSR count). The second-order valence-electron chi connectivity index (χ2n) is 6.88. The Bertz CT molecular complexity index is 1380. The molecule has 32 heavy (non-hydrogen) atoms. The monoisotopic (exact) mass is 478 g/mol. The second-order valence-corrected chi connectivity index (χ2v) is 9.44. The van der Waals surface area contributed by atoms with Crippen molar-refractivity contribution in [2.45, 2.75) is 4.90 Å². The lowest BCUT2D eigenvalue weighted by Crippen LogP contribution is -2.26. The highest BCUT2D eigenvalue weighted by atomic mass is 35.5. The van der Waals surface area contributed by atoms with Gasteiger partial charge in [0.2, 0.25) is 10.0 Å². The SMILES string of the molecule is CN(C)S(=O)(=O)c1ccc(Cl)c(NC(=O)COC(=O)c2nn(C)c(=O)c3ccccc23)c1. The molecule has 0 bridgehead atoms. The highest BCUT2D eigenvalue weighted by Gasteiger charge is 2.21. The summed E-state index contributed by atoms with van der Waals surface area (Å²) in [5, 5.41) is 7.04. The number of sulfonamides is 1. The molecule has 0 atom stereocenters. The highest BCUT2D eigenvalue weighted by Crippen LogP contribution is 2.26. The summed E-state index contributed by atoms with van der Waals surface area (Å²) in [6.45, 7) is -0.682. The van der Waals surface area contributed by atoms with Crippen LogP contribution in [-0.2, 0) is 26.6 Å². The molecule has 1 aromatic heterocycles. The lowest BCUT2D eigenvalue weighted by molar-refractivity contribution is -0.119. The highest BCUT2D eigenvalue weighted by molar-refractivity contribution is 7.89. The van der Waals surface area contributed by atoms with Crippen LogP contribution in [0.25, 0.3) is 10.8 Å². The summed E-state index contributed by atoms with van der Waals surface area (Å²) in [5.74, 6) is -1.64. The third kappa shape index (κ3) is 4.64. The normalized spacial score (nSPS) is 11.5. The number of ether oxygens (including phenoxy) is 1. The number of halogens is 1. The molecule has 0 spiro atoms. The number of fused-ring (bicyclic) bond motifs is 1. The molecule has 0 saturated heterocycles. The largest absolute Gasteiger partial charge is 0.451 e. The van der Waals surface area contributed by atoms with Crippen LogP contribution >= 0.6 is 11.6 Å². The van der Waals surface area contributed by atoms with Crippen LogP contribution in [0.15, 0.2) is 52.2 Å². The zero-order chi connectivity index (χ0) is 23.6. The molecule has 2 aromatic carbocycles. The van der Waals surface area contributed by atoms with Crippen molar-refractivity contribution in [3.8, 4) is 0 Å². The standard InChI is InChI=1S/C20H19ClN4O6S/c1-24(2)32(29,30)12-8-9-15(21)16(10-12)22-17(26)11-31-20(28)18-13-6-4-5-7-14(13)19(27)25(3)23-18/h4-10H,11H2,1-3H3,(H,22,26). The van der Waals surface area contributed by atoms with Gasteiger partial charge in [0, 0.05) is 26.5 Å². The number of aromatic nitrogens is 2. The Morgan fingerprint density at radius 2 is 1.81 bits per heavy atom. The Hall–Kier alpha value is -3.28. The molecule has 0 aliphatic heterocycles. The summed E-state index contributed by atoms with van der Waals surface area (Å²) in [4.78, 5) is 36.9. The first-order valence-electron chi connectivity index (χ1n) is 9.17. The topological polar surface area (TPSA) is 128 Å². The smallest absolute Gasteiger partial charge is 0.359 e. The van der Waals surface area contributed by atoms with E-state index in [2.05, 4.69) is 10.4 Å². The number of hydrogen-bond donors (Lipinski definition) is 1. The lowest BCUT2D eigenvalue weighted by Gasteiger charge is -2.14. The molecule has 168 valence electrons. The average Bonchev–Trinajstić information content (AvgIpc) is 2.75. The van der Waals surface area contributed by atoms with Gasteiger partial charge in [-0.05, 0) is 24.3 Å². The van der Waals surface area contributed by atoms with E-state index in [0.717, 1.165) is 8.99 Å². The van der Waals surface area contributed by atoms with E-state index in [0.29, 0.717) is 5.39 Å². The number of carbonyl (C=O) groups excluding carboxylic acids is 2.